The van der Waals surface area contributed by atoms with Crippen LogP contribution in [-0.2, 0) is 6.18 Å². The number of nitro benzene ring substituents is 2. The number of hydrogen-bond donors (Lipinski definition) is 0. The first kappa shape index (κ1) is 22.5. The molecule has 1 rings (SSSR count). The molecule has 0 spiro atoms. The summed E-state index contributed by atoms with van der Waals surface area (Å²) in [5.41, 5.74) is -4.01. The van der Waals surface area contributed by atoms with Crippen molar-refractivity contribution in [3.8, 4) is 6.07 Å². The Morgan fingerprint density at radius 2 is 1.93 bits per heavy atom. The molecule has 0 saturated carbocycles. The van der Waals surface area contributed by atoms with E-state index in [2.05, 4.69) is 0 Å². The standard InChI is InChI=1S/C15H17F3N4O4S/c1-4-5-6-20(3)12-11(21(23)24)7-10(15(16,17)18)14(13(12)22(25)26)27-9(2)8-19/h7,9H,4-6H2,1-3H3. The number of nitrogens with zero attached hydrogens (tertiary/aromatic N) is 4. The van der Waals surface area contributed by atoms with Crippen molar-refractivity contribution in [1.82, 2.24) is 0 Å². The van der Waals surface area contributed by atoms with Gasteiger partial charge in [0.1, 0.15) is 4.90 Å². The predicted octanol–water partition coefficient (Wildman–Crippen LogP) is 4.76. The van der Waals surface area contributed by atoms with Crippen LogP contribution >= 0.6 is 11.8 Å². The molecule has 1 unspecified atom stereocenters. The highest BCUT2D eigenvalue weighted by Gasteiger charge is 2.43. The van der Waals surface area contributed by atoms with Crippen LogP contribution in [0.1, 0.15) is 32.3 Å². The van der Waals surface area contributed by atoms with Gasteiger partial charge in [0.2, 0.25) is 0 Å². The zero-order chi connectivity index (χ0) is 20.9. The number of alkyl halides is 3. The normalized spacial score (nSPS) is 12.3. The van der Waals surface area contributed by atoms with Crippen LogP contribution in [0.4, 0.5) is 30.2 Å². The highest BCUT2D eigenvalue weighted by atomic mass is 32.2. The van der Waals surface area contributed by atoms with Gasteiger partial charge in [-0.15, -0.1) is 0 Å². The Balaban J connectivity index is 3.94. The van der Waals surface area contributed by atoms with Crippen molar-refractivity contribution in [2.24, 2.45) is 0 Å². The second-order valence-corrected chi connectivity index (χ2v) is 7.00. The van der Waals surface area contributed by atoms with Crippen LogP contribution in [0.2, 0.25) is 0 Å². The lowest BCUT2D eigenvalue weighted by Crippen LogP contribution is -2.22. The molecule has 1 aromatic carbocycles. The highest BCUT2D eigenvalue weighted by Crippen LogP contribution is 2.50. The molecule has 27 heavy (non-hydrogen) atoms. The van der Waals surface area contributed by atoms with Crippen LogP contribution in [0.25, 0.3) is 0 Å². The number of hydrogen-bond acceptors (Lipinski definition) is 7. The fraction of sp³-hybridized carbons (Fsp3) is 0.533. The van der Waals surface area contributed by atoms with Gasteiger partial charge in [0.15, 0.2) is 5.69 Å². The third kappa shape index (κ3) is 5.22. The largest absolute Gasteiger partial charge is 0.417 e. The SMILES string of the molecule is CCCCN(C)c1c([N+](=O)[O-])cc(C(F)(F)F)c(SC(C)C#N)c1[N+](=O)[O-]. The first-order valence-electron chi connectivity index (χ1n) is 7.80. The minimum absolute atomic E-state index is 0.182. The van der Waals surface area contributed by atoms with Crippen molar-refractivity contribution in [3.05, 3.63) is 31.9 Å². The zero-order valence-electron chi connectivity index (χ0n) is 14.7. The van der Waals surface area contributed by atoms with Crippen LogP contribution in [0.15, 0.2) is 11.0 Å². The Labute approximate surface area is 157 Å². The van der Waals surface area contributed by atoms with Gasteiger partial charge in [-0.2, -0.15) is 18.4 Å². The number of nitriles is 1. The highest BCUT2D eigenvalue weighted by molar-refractivity contribution is 8.00. The van der Waals surface area contributed by atoms with E-state index >= 15 is 0 Å². The minimum Gasteiger partial charge on any atom is -0.363 e. The number of benzene rings is 1. The Morgan fingerprint density at radius 3 is 2.33 bits per heavy atom. The lowest BCUT2D eigenvalue weighted by Gasteiger charge is -2.22. The Morgan fingerprint density at radius 1 is 1.33 bits per heavy atom. The third-order valence-electron chi connectivity index (χ3n) is 3.60. The molecule has 1 aromatic rings. The van der Waals surface area contributed by atoms with Crippen molar-refractivity contribution in [2.75, 3.05) is 18.5 Å². The Hall–Kier alpha value is -2.55. The Bertz CT molecular complexity index is 780. The predicted molar refractivity (Wildman–Crippen MR) is 93.9 cm³/mol. The summed E-state index contributed by atoms with van der Waals surface area (Å²) in [6.07, 6.45) is -3.85. The van der Waals surface area contributed by atoms with Crippen LogP contribution in [-0.4, -0.2) is 28.7 Å². The van der Waals surface area contributed by atoms with Crippen molar-refractivity contribution in [1.29, 1.82) is 5.26 Å². The number of halogens is 3. The first-order valence-corrected chi connectivity index (χ1v) is 8.68. The quantitative estimate of drug-likeness (QED) is 0.347. The van der Waals surface area contributed by atoms with Crippen LogP contribution < -0.4 is 4.90 Å². The molecule has 8 nitrogen and oxygen atoms in total. The number of rotatable bonds is 8. The summed E-state index contributed by atoms with van der Waals surface area (Å²) >= 11 is 0.356. The summed E-state index contributed by atoms with van der Waals surface area (Å²) in [6, 6.07) is 2.01. The monoisotopic (exact) mass is 406 g/mol. The smallest absolute Gasteiger partial charge is 0.363 e. The van der Waals surface area contributed by atoms with Gasteiger partial charge in [0, 0.05) is 19.7 Å². The molecule has 12 heteroatoms. The van der Waals surface area contributed by atoms with Gasteiger partial charge in [0.05, 0.1) is 26.7 Å². The lowest BCUT2D eigenvalue weighted by atomic mass is 10.1. The molecule has 0 saturated heterocycles. The molecular weight excluding hydrogens is 389 g/mol. The van der Waals surface area contributed by atoms with E-state index in [-0.39, 0.29) is 6.54 Å². The molecule has 0 aromatic heterocycles. The van der Waals surface area contributed by atoms with E-state index in [1.807, 2.05) is 6.92 Å². The molecule has 1 atom stereocenters. The van der Waals surface area contributed by atoms with Gasteiger partial charge in [-0.3, -0.25) is 20.2 Å². The van der Waals surface area contributed by atoms with E-state index < -0.39 is 48.8 Å². The molecule has 0 N–H and O–H groups in total. The molecule has 0 aliphatic rings. The first-order chi connectivity index (χ1) is 12.4. The molecule has 0 radical (unpaired) electrons. The fourth-order valence-corrected chi connectivity index (χ4v) is 3.34. The van der Waals surface area contributed by atoms with E-state index in [0.717, 1.165) is 0 Å². The van der Waals surface area contributed by atoms with Crippen LogP contribution in [0.5, 0.6) is 0 Å². The summed E-state index contributed by atoms with van der Waals surface area (Å²) in [5.74, 6) is 0. The van der Waals surface area contributed by atoms with Gasteiger partial charge in [-0.1, -0.05) is 25.1 Å². The fourth-order valence-electron chi connectivity index (χ4n) is 2.35. The summed E-state index contributed by atoms with van der Waals surface area (Å²) < 4.78 is 40.4. The molecule has 0 fully saturated rings. The molecule has 0 aliphatic heterocycles. The number of nitro groups is 2. The number of unbranched alkanes of at least 4 members (excludes halogenated alkanes) is 1. The molecule has 0 bridgehead atoms. The van der Waals surface area contributed by atoms with Crippen molar-refractivity contribution in [3.63, 3.8) is 0 Å². The van der Waals surface area contributed by atoms with E-state index in [4.69, 9.17) is 5.26 Å². The maximum Gasteiger partial charge on any atom is 0.417 e. The van der Waals surface area contributed by atoms with Gasteiger partial charge < -0.3 is 4.90 Å². The lowest BCUT2D eigenvalue weighted by molar-refractivity contribution is -0.394. The van der Waals surface area contributed by atoms with Crippen LogP contribution in [0.3, 0.4) is 0 Å². The van der Waals surface area contributed by atoms with E-state index in [9.17, 15) is 33.4 Å². The summed E-state index contributed by atoms with van der Waals surface area (Å²) in [5, 5.41) is 30.9. The molecule has 0 heterocycles. The van der Waals surface area contributed by atoms with Gasteiger partial charge in [-0.25, -0.2) is 0 Å². The van der Waals surface area contributed by atoms with Crippen molar-refractivity contribution >= 4 is 28.8 Å². The maximum absolute atomic E-state index is 13.5. The maximum atomic E-state index is 13.5. The molecule has 0 aliphatic carbocycles. The Kier molecular flexibility index (Phi) is 7.41. The average Bonchev–Trinajstić information content (AvgIpc) is 2.57. The summed E-state index contributed by atoms with van der Waals surface area (Å²) in [4.78, 5) is 21.3. The van der Waals surface area contributed by atoms with Crippen molar-refractivity contribution in [2.45, 2.75) is 43.0 Å². The molecular formula is C15H17F3N4O4S. The average molecular weight is 406 g/mol. The molecule has 148 valence electrons. The topological polar surface area (TPSA) is 113 Å². The zero-order valence-corrected chi connectivity index (χ0v) is 15.6. The van der Waals surface area contributed by atoms with Gasteiger partial charge in [-0.05, 0) is 13.3 Å². The van der Waals surface area contributed by atoms with Gasteiger partial charge in [0.25, 0.3) is 5.69 Å². The van der Waals surface area contributed by atoms with E-state index in [1.54, 1.807) is 6.07 Å². The van der Waals surface area contributed by atoms with E-state index in [1.165, 1.54) is 18.9 Å². The van der Waals surface area contributed by atoms with Gasteiger partial charge >= 0.3 is 11.9 Å². The minimum atomic E-state index is -5.06. The summed E-state index contributed by atoms with van der Waals surface area (Å²) in [6.45, 7) is 3.30. The number of anilines is 1. The third-order valence-corrected chi connectivity index (χ3v) is 4.71. The molecule has 0 amide bonds. The van der Waals surface area contributed by atoms with Crippen molar-refractivity contribution < 1.29 is 23.0 Å². The second kappa shape index (κ2) is 8.90. The summed E-state index contributed by atoms with van der Waals surface area (Å²) in [7, 11) is 1.35. The van der Waals surface area contributed by atoms with E-state index in [0.29, 0.717) is 30.7 Å². The van der Waals surface area contributed by atoms with Crippen LogP contribution in [0, 0.1) is 31.6 Å². The number of thioether (sulfide) groups is 1. The second-order valence-electron chi connectivity index (χ2n) is 5.65.